The maximum Gasteiger partial charge on any atom is 0.255 e. The highest BCUT2D eigenvalue weighted by molar-refractivity contribution is 7.89. The third-order valence-electron chi connectivity index (χ3n) is 5.30. The minimum absolute atomic E-state index is 0.0589. The first kappa shape index (κ1) is 29.5. The Labute approximate surface area is 235 Å². The minimum atomic E-state index is -4.15. The molecule has 3 rings (SSSR count). The highest BCUT2D eigenvalue weighted by Crippen LogP contribution is 2.39. The van der Waals surface area contributed by atoms with Gasteiger partial charge in [-0.3, -0.25) is 4.79 Å². The second-order valence-electron chi connectivity index (χ2n) is 7.64. The number of rotatable bonds is 11. The van der Waals surface area contributed by atoms with Crippen molar-refractivity contribution in [3.05, 3.63) is 80.8 Å². The number of hydrogen-bond donors (Lipinski definition) is 1. The van der Waals surface area contributed by atoms with Crippen LogP contribution in [0.1, 0.15) is 11.1 Å². The van der Waals surface area contributed by atoms with Gasteiger partial charge < -0.3 is 14.2 Å². The minimum Gasteiger partial charge on any atom is -0.493 e. The van der Waals surface area contributed by atoms with Crippen LogP contribution in [0.3, 0.4) is 0 Å². The van der Waals surface area contributed by atoms with E-state index in [1.165, 1.54) is 51.8 Å². The summed E-state index contributed by atoms with van der Waals surface area (Å²) in [6, 6.07) is 13.7. The smallest absolute Gasteiger partial charge is 0.255 e. The van der Waals surface area contributed by atoms with Crippen molar-refractivity contribution in [2.24, 2.45) is 5.10 Å². The second-order valence-corrected chi connectivity index (χ2v) is 10.8. The van der Waals surface area contributed by atoms with Crippen molar-refractivity contribution >= 4 is 56.9 Å². The Hall–Kier alpha value is -3.02. The molecule has 9 nitrogen and oxygen atoms in total. The van der Waals surface area contributed by atoms with Crippen LogP contribution in [0.15, 0.2) is 64.6 Å². The van der Waals surface area contributed by atoms with E-state index in [9.17, 15) is 13.2 Å². The number of carbonyl (C=O) groups is 1. The van der Waals surface area contributed by atoms with Crippen molar-refractivity contribution in [1.29, 1.82) is 0 Å². The second kappa shape index (κ2) is 13.2. The van der Waals surface area contributed by atoms with Gasteiger partial charge >= 0.3 is 0 Å². The Morgan fingerprint density at radius 3 is 2.13 bits per heavy atom. The third-order valence-corrected chi connectivity index (χ3v) is 8.06. The fraction of sp³-hybridized carbons (Fsp3) is 0.200. The molecule has 0 aliphatic heterocycles. The molecular weight excluding hydrogens is 577 g/mol. The average molecular weight is 601 g/mol. The van der Waals surface area contributed by atoms with E-state index in [-0.39, 0.29) is 21.5 Å². The van der Waals surface area contributed by atoms with Gasteiger partial charge in [-0.2, -0.15) is 9.41 Å². The zero-order chi connectivity index (χ0) is 27.9. The van der Waals surface area contributed by atoms with E-state index in [1.807, 2.05) is 0 Å². The lowest BCUT2D eigenvalue weighted by Gasteiger charge is -2.22. The summed E-state index contributed by atoms with van der Waals surface area (Å²) >= 11 is 18.5. The number of nitrogens with one attached hydrogen (secondary N) is 1. The van der Waals surface area contributed by atoms with E-state index in [0.29, 0.717) is 33.4 Å². The molecule has 202 valence electrons. The van der Waals surface area contributed by atoms with Crippen LogP contribution in [-0.4, -0.2) is 52.7 Å². The van der Waals surface area contributed by atoms with Crippen LogP contribution in [0, 0.1) is 0 Å². The Morgan fingerprint density at radius 2 is 1.55 bits per heavy atom. The first-order valence-electron chi connectivity index (χ1n) is 10.9. The summed E-state index contributed by atoms with van der Waals surface area (Å²) in [5, 5.41) is 4.83. The van der Waals surface area contributed by atoms with Crippen LogP contribution < -0.4 is 19.6 Å². The van der Waals surface area contributed by atoms with Gasteiger partial charge in [0.05, 0.1) is 39.0 Å². The molecule has 0 unspecified atom stereocenters. The number of carbonyl (C=O) groups excluding carboxylic acids is 1. The Balaban J connectivity index is 1.86. The molecule has 0 atom stereocenters. The molecule has 3 aromatic carbocycles. The normalized spacial score (nSPS) is 11.6. The molecule has 0 heterocycles. The van der Waals surface area contributed by atoms with E-state index in [0.717, 1.165) is 4.31 Å². The number of ether oxygens (including phenoxy) is 3. The number of halogens is 3. The van der Waals surface area contributed by atoms with E-state index in [1.54, 1.807) is 30.3 Å². The highest BCUT2D eigenvalue weighted by atomic mass is 35.5. The van der Waals surface area contributed by atoms with Crippen molar-refractivity contribution in [3.8, 4) is 17.2 Å². The van der Waals surface area contributed by atoms with Crippen molar-refractivity contribution < 1.29 is 27.4 Å². The molecule has 0 aliphatic rings. The summed E-state index contributed by atoms with van der Waals surface area (Å²) in [5.74, 6) is 0.431. The van der Waals surface area contributed by atoms with Gasteiger partial charge in [-0.05, 0) is 48.5 Å². The van der Waals surface area contributed by atoms with Crippen molar-refractivity contribution in [3.63, 3.8) is 0 Å². The topological polar surface area (TPSA) is 107 Å². The molecule has 0 aliphatic carbocycles. The van der Waals surface area contributed by atoms with E-state index >= 15 is 0 Å². The van der Waals surface area contributed by atoms with Gasteiger partial charge in [-0.1, -0.05) is 40.9 Å². The fourth-order valence-corrected chi connectivity index (χ4v) is 5.44. The standard InChI is InChI=1S/C25H24Cl3N3O6S/c1-35-22-12-7-16(24(36-2)25(22)37-3)13-29-30-23(32)15-31(14-19-20(27)5-4-6-21(19)28)38(33,34)18-10-8-17(26)9-11-18/h4-13H,14-15H2,1-3H3,(H,30,32)/b29-13-. The summed E-state index contributed by atoms with van der Waals surface area (Å²) in [4.78, 5) is 12.8. The first-order chi connectivity index (χ1) is 18.1. The number of amides is 1. The largest absolute Gasteiger partial charge is 0.493 e. The molecule has 1 N–H and O–H groups in total. The van der Waals surface area contributed by atoms with Crippen LogP contribution >= 0.6 is 34.8 Å². The zero-order valence-electron chi connectivity index (χ0n) is 20.6. The summed E-state index contributed by atoms with van der Waals surface area (Å²) in [6.07, 6.45) is 1.33. The van der Waals surface area contributed by atoms with Crippen LogP contribution in [0.5, 0.6) is 17.2 Å². The summed E-state index contributed by atoms with van der Waals surface area (Å²) in [6.45, 7) is -0.836. The van der Waals surface area contributed by atoms with Crippen LogP contribution in [0.25, 0.3) is 0 Å². The van der Waals surface area contributed by atoms with Gasteiger partial charge in [0.1, 0.15) is 0 Å². The van der Waals surface area contributed by atoms with Gasteiger partial charge in [0.2, 0.25) is 15.8 Å². The van der Waals surface area contributed by atoms with Crippen LogP contribution in [-0.2, 0) is 21.4 Å². The molecule has 3 aromatic rings. The zero-order valence-corrected chi connectivity index (χ0v) is 23.7. The van der Waals surface area contributed by atoms with Gasteiger partial charge in [-0.25, -0.2) is 13.8 Å². The number of hydrogen-bond acceptors (Lipinski definition) is 7. The predicted molar refractivity (Wildman–Crippen MR) is 147 cm³/mol. The Bertz CT molecular complexity index is 1410. The molecule has 1 amide bonds. The fourth-order valence-electron chi connectivity index (χ4n) is 3.44. The van der Waals surface area contributed by atoms with Crippen molar-refractivity contribution in [2.45, 2.75) is 11.4 Å². The average Bonchev–Trinajstić information content (AvgIpc) is 2.89. The molecule has 0 spiro atoms. The predicted octanol–water partition coefficient (Wildman–Crippen LogP) is 5.01. The highest BCUT2D eigenvalue weighted by Gasteiger charge is 2.28. The van der Waals surface area contributed by atoms with E-state index in [2.05, 4.69) is 10.5 Å². The Morgan fingerprint density at radius 1 is 0.921 bits per heavy atom. The number of hydrazone groups is 1. The molecular formula is C25H24Cl3N3O6S. The number of sulfonamides is 1. The molecule has 13 heteroatoms. The summed E-state index contributed by atoms with van der Waals surface area (Å²) in [7, 11) is 0.249. The van der Waals surface area contributed by atoms with Gasteiger partial charge in [0.25, 0.3) is 5.91 Å². The SMILES string of the molecule is COc1ccc(/C=N\NC(=O)CN(Cc2c(Cl)cccc2Cl)S(=O)(=O)c2ccc(Cl)cc2)c(OC)c1OC. The van der Waals surface area contributed by atoms with Gasteiger partial charge in [-0.15, -0.1) is 0 Å². The molecule has 0 saturated carbocycles. The van der Waals surface area contributed by atoms with Crippen molar-refractivity contribution in [1.82, 2.24) is 9.73 Å². The molecule has 0 saturated heterocycles. The van der Waals surface area contributed by atoms with Crippen LogP contribution in [0.2, 0.25) is 15.1 Å². The maximum absolute atomic E-state index is 13.5. The summed E-state index contributed by atoms with van der Waals surface area (Å²) < 4.78 is 43.8. The molecule has 0 fully saturated rings. The summed E-state index contributed by atoms with van der Waals surface area (Å²) in [5.41, 5.74) is 3.17. The van der Waals surface area contributed by atoms with E-state index < -0.39 is 22.5 Å². The van der Waals surface area contributed by atoms with E-state index in [4.69, 9.17) is 49.0 Å². The van der Waals surface area contributed by atoms with Gasteiger partial charge in [0, 0.05) is 32.7 Å². The molecule has 0 bridgehead atoms. The number of benzene rings is 3. The maximum atomic E-state index is 13.5. The number of nitrogens with zero attached hydrogens (tertiary/aromatic N) is 2. The lowest BCUT2D eigenvalue weighted by atomic mass is 10.2. The first-order valence-corrected chi connectivity index (χ1v) is 13.5. The number of methoxy groups -OCH3 is 3. The van der Waals surface area contributed by atoms with Crippen LogP contribution in [0.4, 0.5) is 0 Å². The van der Waals surface area contributed by atoms with Gasteiger partial charge in [0.15, 0.2) is 11.5 Å². The quantitative estimate of drug-likeness (QED) is 0.245. The third kappa shape index (κ3) is 6.89. The lowest BCUT2D eigenvalue weighted by Crippen LogP contribution is -2.39. The molecule has 38 heavy (non-hydrogen) atoms. The van der Waals surface area contributed by atoms with Crippen molar-refractivity contribution in [2.75, 3.05) is 27.9 Å². The monoisotopic (exact) mass is 599 g/mol. The lowest BCUT2D eigenvalue weighted by molar-refractivity contribution is -0.121. The Kier molecular flexibility index (Phi) is 10.2. The molecule has 0 aromatic heterocycles. The molecule has 0 radical (unpaired) electrons.